The lowest BCUT2D eigenvalue weighted by Crippen LogP contribution is -2.23. The molecule has 88 valence electrons. The quantitative estimate of drug-likeness (QED) is 0.509. The van der Waals surface area contributed by atoms with Crippen LogP contribution in [-0.4, -0.2) is 27.8 Å². The molecule has 0 heterocycles. The highest BCUT2D eigenvalue weighted by Gasteiger charge is 2.12. The minimum Gasteiger partial charge on any atom is -0.502 e. The zero-order valence-electron chi connectivity index (χ0n) is 8.88. The smallest absolute Gasteiger partial charge is 0.310 e. The normalized spacial score (nSPS) is 12.4. The molecule has 0 saturated heterocycles. The molecule has 0 spiro atoms. The fraction of sp³-hybridized carbons (Fsp3) is 0.400. The first-order valence-electron chi connectivity index (χ1n) is 4.85. The van der Waals surface area contributed by atoms with E-state index in [-0.39, 0.29) is 11.4 Å². The Morgan fingerprint density at radius 3 is 2.75 bits per heavy atom. The molecule has 16 heavy (non-hydrogen) atoms. The van der Waals surface area contributed by atoms with Gasteiger partial charge < -0.3 is 15.5 Å². The van der Waals surface area contributed by atoms with Gasteiger partial charge in [0.05, 0.1) is 11.0 Å². The standard InChI is InChI=1S/C10H14N2O4/c1-7(13)5-11-6-8-2-3-9(12(15)16)10(14)4-8/h2-4,7,11,13-14H,5-6H2,1H3/t7-/m1/s1. The topological polar surface area (TPSA) is 95.6 Å². The third kappa shape index (κ3) is 3.48. The number of hydrogen-bond donors (Lipinski definition) is 3. The minimum atomic E-state index is -0.637. The molecule has 1 aromatic carbocycles. The number of hydrogen-bond acceptors (Lipinski definition) is 5. The Bertz CT molecular complexity index is 379. The van der Waals surface area contributed by atoms with Crippen LogP contribution in [-0.2, 0) is 6.54 Å². The number of aromatic hydroxyl groups is 1. The number of nitro groups is 1. The number of benzene rings is 1. The van der Waals surface area contributed by atoms with Gasteiger partial charge in [0, 0.05) is 19.2 Å². The largest absolute Gasteiger partial charge is 0.502 e. The summed E-state index contributed by atoms with van der Waals surface area (Å²) in [5, 5.41) is 31.7. The summed E-state index contributed by atoms with van der Waals surface area (Å²) in [5.74, 6) is -0.346. The molecule has 6 nitrogen and oxygen atoms in total. The Hall–Kier alpha value is -1.66. The summed E-state index contributed by atoms with van der Waals surface area (Å²) < 4.78 is 0. The summed E-state index contributed by atoms with van der Waals surface area (Å²) in [6.45, 7) is 2.52. The highest BCUT2D eigenvalue weighted by atomic mass is 16.6. The number of nitrogens with one attached hydrogen (secondary N) is 1. The molecule has 1 atom stereocenters. The summed E-state index contributed by atoms with van der Waals surface area (Å²) in [6.07, 6.45) is -0.452. The van der Waals surface area contributed by atoms with Gasteiger partial charge in [-0.2, -0.15) is 0 Å². The van der Waals surface area contributed by atoms with Crippen LogP contribution < -0.4 is 5.32 Å². The van der Waals surface area contributed by atoms with Crippen LogP contribution in [0.15, 0.2) is 18.2 Å². The fourth-order valence-corrected chi connectivity index (χ4v) is 1.26. The van der Waals surface area contributed by atoms with E-state index in [4.69, 9.17) is 5.11 Å². The summed E-state index contributed by atoms with van der Waals surface area (Å²) in [6, 6.07) is 4.16. The van der Waals surface area contributed by atoms with Gasteiger partial charge in [0.15, 0.2) is 5.75 Å². The van der Waals surface area contributed by atoms with Crippen molar-refractivity contribution in [3.8, 4) is 5.75 Å². The number of phenols is 1. The SMILES string of the molecule is C[C@@H](O)CNCc1ccc([N+](=O)[O-])c(O)c1. The third-order valence-electron chi connectivity index (χ3n) is 2.01. The van der Waals surface area contributed by atoms with Crippen LogP contribution >= 0.6 is 0 Å². The number of nitrogens with zero attached hydrogens (tertiary/aromatic N) is 1. The molecule has 1 aromatic rings. The van der Waals surface area contributed by atoms with Crippen molar-refractivity contribution >= 4 is 5.69 Å². The predicted octanol–water partition coefficient (Wildman–Crippen LogP) is 0.771. The van der Waals surface area contributed by atoms with E-state index in [0.29, 0.717) is 13.1 Å². The molecule has 0 aliphatic heterocycles. The van der Waals surface area contributed by atoms with Crippen molar-refractivity contribution in [2.45, 2.75) is 19.6 Å². The Balaban J connectivity index is 2.63. The molecule has 0 saturated carbocycles. The minimum absolute atomic E-state index is 0.306. The third-order valence-corrected chi connectivity index (χ3v) is 2.01. The number of nitro benzene ring substituents is 1. The first kappa shape index (κ1) is 12.4. The van der Waals surface area contributed by atoms with E-state index in [0.717, 1.165) is 5.56 Å². The average Bonchev–Trinajstić information content (AvgIpc) is 2.16. The van der Waals surface area contributed by atoms with Gasteiger partial charge in [-0.05, 0) is 18.6 Å². The maximum atomic E-state index is 10.4. The van der Waals surface area contributed by atoms with Crippen molar-refractivity contribution in [2.75, 3.05) is 6.54 Å². The second-order valence-corrected chi connectivity index (χ2v) is 3.56. The summed E-state index contributed by atoms with van der Waals surface area (Å²) >= 11 is 0. The molecule has 0 bridgehead atoms. The number of aliphatic hydroxyl groups is 1. The van der Waals surface area contributed by atoms with Crippen molar-refractivity contribution in [1.29, 1.82) is 0 Å². The van der Waals surface area contributed by atoms with Crippen LogP contribution in [0.3, 0.4) is 0 Å². The number of rotatable bonds is 5. The molecule has 1 rings (SSSR count). The van der Waals surface area contributed by atoms with Gasteiger partial charge in [-0.15, -0.1) is 0 Å². The maximum Gasteiger partial charge on any atom is 0.310 e. The molecule has 3 N–H and O–H groups in total. The Kier molecular flexibility index (Phi) is 4.21. The van der Waals surface area contributed by atoms with Crippen molar-refractivity contribution in [1.82, 2.24) is 5.32 Å². The van der Waals surface area contributed by atoms with Crippen LogP contribution in [0.5, 0.6) is 5.75 Å². The summed E-state index contributed by atoms with van der Waals surface area (Å²) in [7, 11) is 0. The van der Waals surface area contributed by atoms with Gasteiger partial charge in [0.25, 0.3) is 0 Å². The highest BCUT2D eigenvalue weighted by molar-refractivity contribution is 5.47. The number of phenolic OH excluding ortho intramolecular Hbond substituents is 1. The molecule has 0 radical (unpaired) electrons. The molecular formula is C10H14N2O4. The Morgan fingerprint density at radius 2 is 2.25 bits per heavy atom. The Labute approximate surface area is 92.7 Å². The predicted molar refractivity (Wildman–Crippen MR) is 58.1 cm³/mol. The average molecular weight is 226 g/mol. The van der Waals surface area contributed by atoms with Gasteiger partial charge in [0.1, 0.15) is 0 Å². The van der Waals surface area contributed by atoms with E-state index >= 15 is 0 Å². The second kappa shape index (κ2) is 5.43. The molecule has 6 heteroatoms. The van der Waals surface area contributed by atoms with E-state index in [1.165, 1.54) is 12.1 Å². The van der Waals surface area contributed by atoms with Gasteiger partial charge in [-0.3, -0.25) is 10.1 Å². The fourth-order valence-electron chi connectivity index (χ4n) is 1.26. The maximum absolute atomic E-state index is 10.4. The zero-order chi connectivity index (χ0) is 12.1. The van der Waals surface area contributed by atoms with Crippen molar-refractivity contribution in [2.24, 2.45) is 0 Å². The van der Waals surface area contributed by atoms with Crippen LogP contribution in [0.25, 0.3) is 0 Å². The number of aliphatic hydroxyl groups excluding tert-OH is 1. The van der Waals surface area contributed by atoms with Gasteiger partial charge in [-0.25, -0.2) is 0 Å². The molecular weight excluding hydrogens is 212 g/mol. The molecule has 0 aliphatic carbocycles. The van der Waals surface area contributed by atoms with E-state index in [2.05, 4.69) is 5.32 Å². The van der Waals surface area contributed by atoms with Gasteiger partial charge in [-0.1, -0.05) is 6.07 Å². The van der Waals surface area contributed by atoms with Crippen LogP contribution in [0.2, 0.25) is 0 Å². The van der Waals surface area contributed by atoms with Crippen molar-refractivity contribution < 1.29 is 15.1 Å². The zero-order valence-corrected chi connectivity index (χ0v) is 8.88. The van der Waals surface area contributed by atoms with E-state index in [9.17, 15) is 15.2 Å². The van der Waals surface area contributed by atoms with E-state index < -0.39 is 11.0 Å². The molecule has 0 fully saturated rings. The molecule has 0 amide bonds. The highest BCUT2D eigenvalue weighted by Crippen LogP contribution is 2.25. The lowest BCUT2D eigenvalue weighted by atomic mass is 10.2. The first-order chi connectivity index (χ1) is 7.50. The van der Waals surface area contributed by atoms with Crippen LogP contribution in [0.1, 0.15) is 12.5 Å². The summed E-state index contributed by atoms with van der Waals surface area (Å²) in [5.41, 5.74) is 0.419. The van der Waals surface area contributed by atoms with Gasteiger partial charge >= 0.3 is 5.69 Å². The lowest BCUT2D eigenvalue weighted by Gasteiger charge is -2.07. The van der Waals surface area contributed by atoms with Crippen molar-refractivity contribution in [3.05, 3.63) is 33.9 Å². The molecule has 0 aliphatic rings. The molecule has 0 unspecified atom stereocenters. The van der Waals surface area contributed by atoms with Crippen molar-refractivity contribution in [3.63, 3.8) is 0 Å². The van der Waals surface area contributed by atoms with E-state index in [1.807, 2.05) is 0 Å². The summed E-state index contributed by atoms with van der Waals surface area (Å²) in [4.78, 5) is 9.80. The first-order valence-corrected chi connectivity index (χ1v) is 4.85. The monoisotopic (exact) mass is 226 g/mol. The van der Waals surface area contributed by atoms with Gasteiger partial charge in [0.2, 0.25) is 0 Å². The second-order valence-electron chi connectivity index (χ2n) is 3.56. The lowest BCUT2D eigenvalue weighted by molar-refractivity contribution is -0.385. The molecule has 0 aromatic heterocycles. The van der Waals surface area contributed by atoms with E-state index in [1.54, 1.807) is 13.0 Å². The van der Waals surface area contributed by atoms with Crippen LogP contribution in [0.4, 0.5) is 5.69 Å². The van der Waals surface area contributed by atoms with Crippen LogP contribution in [0, 0.1) is 10.1 Å². The Morgan fingerprint density at radius 1 is 1.56 bits per heavy atom.